The zero-order valence-electron chi connectivity index (χ0n) is 24.2. The highest BCUT2D eigenvalue weighted by atomic mass is 19.4. The molecule has 2 bridgehead atoms. The number of hydrogen-bond donors (Lipinski definition) is 2. The van der Waals surface area contributed by atoms with E-state index in [1.807, 2.05) is 0 Å². The summed E-state index contributed by atoms with van der Waals surface area (Å²) in [6, 6.07) is 1.69. The molecule has 5 aliphatic rings. The van der Waals surface area contributed by atoms with Crippen molar-refractivity contribution in [3.63, 3.8) is 0 Å². The summed E-state index contributed by atoms with van der Waals surface area (Å²) in [7, 11) is 0. The minimum atomic E-state index is -4.80. The molecular weight excluding hydrogens is 571 g/mol. The van der Waals surface area contributed by atoms with E-state index >= 15 is 4.39 Å². The second kappa shape index (κ2) is 10.7. The van der Waals surface area contributed by atoms with Gasteiger partial charge in [-0.05, 0) is 50.8 Å². The zero-order valence-corrected chi connectivity index (χ0v) is 24.2. The maximum atomic E-state index is 15.3. The number of nitrogens with zero attached hydrogens (tertiary/aromatic N) is 4. The molecule has 4 saturated heterocycles. The molecule has 5 aliphatic heterocycles. The zero-order chi connectivity index (χ0) is 30.1. The summed E-state index contributed by atoms with van der Waals surface area (Å²) in [5, 5.41) is 3.65. The summed E-state index contributed by atoms with van der Waals surface area (Å²) in [5.41, 5.74) is 4.30. The average Bonchev–Trinajstić information content (AvgIpc) is 3.47. The first-order valence-electron chi connectivity index (χ1n) is 15.2. The lowest BCUT2D eigenvalue weighted by Gasteiger charge is -2.44. The van der Waals surface area contributed by atoms with E-state index < -0.39 is 40.9 Å². The standard InChI is InChI=1S/C30H37F5N6O2/c1-16-8-21(36)26(32)24(25(16)30(33,34)35)23-9-22-20(14-42-23)27(40-12-18-4-2-5-19(13-40)37-18)39-28(38-22)43-15-29-6-3-7-41(29)11-17(31)10-29/h8,17-19,23,37H,2-7,9-15,36H2,1H3. The molecule has 5 unspecified atom stereocenters. The van der Waals surface area contributed by atoms with Crippen molar-refractivity contribution in [2.75, 3.05) is 43.4 Å². The van der Waals surface area contributed by atoms with Gasteiger partial charge in [0.05, 0.1) is 35.2 Å². The Hall–Kier alpha value is -2.77. The maximum absolute atomic E-state index is 15.3. The van der Waals surface area contributed by atoms with Crippen molar-refractivity contribution in [1.29, 1.82) is 0 Å². The summed E-state index contributed by atoms with van der Waals surface area (Å²) in [4.78, 5) is 13.8. The SMILES string of the molecule is Cc1cc(N)c(F)c(C2Cc3nc(OCC45CCCN4CC(F)C5)nc(N4CC5CCCC(C4)N5)c3CO2)c1C(F)(F)F. The van der Waals surface area contributed by atoms with Gasteiger partial charge >= 0.3 is 12.2 Å². The van der Waals surface area contributed by atoms with Crippen LogP contribution < -0.4 is 20.7 Å². The van der Waals surface area contributed by atoms with Gasteiger partial charge in [0.1, 0.15) is 18.6 Å². The fourth-order valence-electron chi connectivity index (χ4n) is 8.09. The number of benzene rings is 1. The molecule has 13 heteroatoms. The van der Waals surface area contributed by atoms with Gasteiger partial charge in [0, 0.05) is 55.7 Å². The van der Waals surface area contributed by atoms with Crippen LogP contribution in [0.25, 0.3) is 0 Å². The second-order valence-electron chi connectivity index (χ2n) is 12.9. The number of piperazine rings is 1. The van der Waals surface area contributed by atoms with E-state index in [0.29, 0.717) is 55.2 Å². The van der Waals surface area contributed by atoms with Crippen LogP contribution in [0.4, 0.5) is 33.5 Å². The fraction of sp³-hybridized carbons (Fsp3) is 0.667. The van der Waals surface area contributed by atoms with Crippen LogP contribution >= 0.6 is 0 Å². The molecule has 234 valence electrons. The summed E-state index contributed by atoms with van der Waals surface area (Å²) in [6.07, 6.45) is -1.68. The molecule has 1 aromatic heterocycles. The van der Waals surface area contributed by atoms with Crippen LogP contribution in [0.1, 0.15) is 72.6 Å². The Morgan fingerprint density at radius 1 is 1.16 bits per heavy atom. The number of nitrogens with two attached hydrogens (primary N) is 1. The molecule has 4 fully saturated rings. The van der Waals surface area contributed by atoms with Crippen molar-refractivity contribution in [2.24, 2.45) is 0 Å². The van der Waals surface area contributed by atoms with Gasteiger partial charge < -0.3 is 25.4 Å². The van der Waals surface area contributed by atoms with Crippen molar-refractivity contribution in [1.82, 2.24) is 20.2 Å². The van der Waals surface area contributed by atoms with Crippen molar-refractivity contribution in [2.45, 2.75) is 94.6 Å². The summed E-state index contributed by atoms with van der Waals surface area (Å²) in [5.74, 6) is -0.498. The van der Waals surface area contributed by atoms with Crippen molar-refractivity contribution < 1.29 is 31.4 Å². The number of aryl methyl sites for hydroxylation is 1. The number of fused-ring (bicyclic) bond motifs is 4. The molecule has 5 atom stereocenters. The Balaban J connectivity index is 1.25. The highest BCUT2D eigenvalue weighted by Crippen LogP contribution is 2.45. The van der Waals surface area contributed by atoms with Gasteiger partial charge in [0.2, 0.25) is 0 Å². The third kappa shape index (κ3) is 5.20. The number of nitrogen functional groups attached to an aromatic ring is 1. The van der Waals surface area contributed by atoms with Gasteiger partial charge in [-0.1, -0.05) is 6.42 Å². The molecule has 0 amide bonds. The average molecular weight is 609 g/mol. The number of alkyl halides is 4. The molecular formula is C30H37F5N6O2. The molecule has 6 heterocycles. The Labute approximate surface area is 247 Å². The van der Waals surface area contributed by atoms with Crippen LogP contribution in [0, 0.1) is 12.7 Å². The van der Waals surface area contributed by atoms with E-state index in [4.69, 9.17) is 20.2 Å². The van der Waals surface area contributed by atoms with Crippen LogP contribution in [0.3, 0.4) is 0 Å². The van der Waals surface area contributed by atoms with E-state index in [9.17, 15) is 17.6 Å². The molecule has 0 radical (unpaired) electrons. The number of piperidine rings is 1. The lowest BCUT2D eigenvalue weighted by Crippen LogP contribution is -2.59. The minimum absolute atomic E-state index is 0.0826. The fourth-order valence-corrected chi connectivity index (χ4v) is 8.09. The normalized spacial score (nSPS) is 30.8. The first-order chi connectivity index (χ1) is 20.5. The van der Waals surface area contributed by atoms with Gasteiger partial charge in [-0.15, -0.1) is 0 Å². The number of rotatable bonds is 5. The van der Waals surface area contributed by atoms with E-state index in [0.717, 1.165) is 44.7 Å². The monoisotopic (exact) mass is 608 g/mol. The smallest absolute Gasteiger partial charge is 0.417 e. The van der Waals surface area contributed by atoms with Crippen LogP contribution in [0.2, 0.25) is 0 Å². The van der Waals surface area contributed by atoms with Gasteiger partial charge in [0.15, 0.2) is 5.82 Å². The number of anilines is 2. The Morgan fingerprint density at radius 3 is 2.67 bits per heavy atom. The van der Waals surface area contributed by atoms with Crippen LogP contribution in [0.5, 0.6) is 6.01 Å². The first kappa shape index (κ1) is 29.0. The van der Waals surface area contributed by atoms with Crippen molar-refractivity contribution >= 4 is 11.5 Å². The minimum Gasteiger partial charge on any atom is -0.461 e. The van der Waals surface area contributed by atoms with Gasteiger partial charge in [0.25, 0.3) is 0 Å². The van der Waals surface area contributed by atoms with E-state index in [-0.39, 0.29) is 36.9 Å². The van der Waals surface area contributed by atoms with E-state index in [2.05, 4.69) is 20.1 Å². The number of aromatic nitrogens is 2. The summed E-state index contributed by atoms with van der Waals surface area (Å²) in [6.45, 7) is 4.03. The lowest BCUT2D eigenvalue weighted by molar-refractivity contribution is -0.140. The molecule has 0 spiro atoms. The molecule has 2 aromatic rings. The van der Waals surface area contributed by atoms with E-state index in [1.165, 1.54) is 6.92 Å². The Bertz CT molecular complexity index is 1400. The number of ether oxygens (including phenoxy) is 2. The molecule has 0 aliphatic carbocycles. The predicted molar refractivity (Wildman–Crippen MR) is 149 cm³/mol. The van der Waals surface area contributed by atoms with Crippen molar-refractivity contribution in [3.05, 3.63) is 39.8 Å². The Morgan fingerprint density at radius 2 is 1.93 bits per heavy atom. The largest absolute Gasteiger partial charge is 0.461 e. The second-order valence-corrected chi connectivity index (χ2v) is 12.9. The van der Waals surface area contributed by atoms with Crippen LogP contribution in [-0.2, 0) is 23.9 Å². The number of halogens is 5. The Kier molecular flexibility index (Phi) is 7.20. The lowest BCUT2D eigenvalue weighted by atomic mass is 9.90. The van der Waals surface area contributed by atoms with Crippen LogP contribution in [-0.4, -0.2) is 71.4 Å². The maximum Gasteiger partial charge on any atom is 0.417 e. The third-order valence-electron chi connectivity index (χ3n) is 9.98. The molecule has 3 N–H and O–H groups in total. The summed E-state index contributed by atoms with van der Waals surface area (Å²) >= 11 is 0. The van der Waals surface area contributed by atoms with Gasteiger partial charge in [-0.2, -0.15) is 23.1 Å². The number of nitrogens with one attached hydrogen (secondary N) is 1. The van der Waals surface area contributed by atoms with E-state index in [1.54, 1.807) is 0 Å². The first-order valence-corrected chi connectivity index (χ1v) is 15.2. The van der Waals surface area contributed by atoms with Gasteiger partial charge in [-0.3, -0.25) is 4.90 Å². The highest BCUT2D eigenvalue weighted by Gasteiger charge is 2.49. The summed E-state index contributed by atoms with van der Waals surface area (Å²) < 4.78 is 84.5. The number of hydrogen-bond acceptors (Lipinski definition) is 8. The van der Waals surface area contributed by atoms with Crippen LogP contribution in [0.15, 0.2) is 6.07 Å². The molecule has 43 heavy (non-hydrogen) atoms. The predicted octanol–water partition coefficient (Wildman–Crippen LogP) is 4.63. The molecule has 0 saturated carbocycles. The third-order valence-corrected chi connectivity index (χ3v) is 9.98. The topological polar surface area (TPSA) is 88.8 Å². The van der Waals surface area contributed by atoms with Gasteiger partial charge in [-0.25, -0.2) is 8.78 Å². The highest BCUT2D eigenvalue weighted by molar-refractivity contribution is 5.55. The molecule has 8 nitrogen and oxygen atoms in total. The quantitative estimate of drug-likeness (QED) is 0.376. The molecule has 7 rings (SSSR count). The van der Waals surface area contributed by atoms with Crippen molar-refractivity contribution in [3.8, 4) is 6.01 Å². The molecule has 1 aromatic carbocycles.